The molecule has 2 heterocycles. The molecule has 0 aliphatic rings. The standard InChI is InChI=1S/C20H21N7O2/c28-19(14-24-20(29)15-5-2-1-3-6-15)23-12-11-22-17-8-9-18(27-26-17)25-16-7-4-10-21-13-16/h1-10,13H,11-12,14H2,(H,22,26)(H,23,28)(H,24,29)(H,25,27). The summed E-state index contributed by atoms with van der Waals surface area (Å²) in [6.07, 6.45) is 3.39. The Hall–Kier alpha value is -4.01. The summed E-state index contributed by atoms with van der Waals surface area (Å²) in [7, 11) is 0. The zero-order valence-corrected chi connectivity index (χ0v) is 15.6. The van der Waals surface area contributed by atoms with E-state index in [1.165, 1.54) is 0 Å². The molecule has 4 N–H and O–H groups in total. The highest BCUT2D eigenvalue weighted by Gasteiger charge is 2.07. The number of nitrogens with zero attached hydrogens (tertiary/aromatic N) is 3. The van der Waals surface area contributed by atoms with Crippen LogP contribution in [0.15, 0.2) is 67.0 Å². The molecule has 0 fully saturated rings. The summed E-state index contributed by atoms with van der Waals surface area (Å²) < 4.78 is 0. The smallest absolute Gasteiger partial charge is 0.251 e. The number of anilines is 3. The minimum absolute atomic E-state index is 0.0811. The Kier molecular flexibility index (Phi) is 7.05. The molecule has 0 aliphatic carbocycles. The van der Waals surface area contributed by atoms with Gasteiger partial charge in [-0.1, -0.05) is 18.2 Å². The summed E-state index contributed by atoms with van der Waals surface area (Å²) >= 11 is 0. The van der Waals surface area contributed by atoms with Gasteiger partial charge in [-0.25, -0.2) is 0 Å². The number of nitrogens with one attached hydrogen (secondary N) is 4. The molecule has 0 spiro atoms. The van der Waals surface area contributed by atoms with Crippen molar-refractivity contribution in [2.45, 2.75) is 0 Å². The van der Waals surface area contributed by atoms with Crippen molar-refractivity contribution in [3.8, 4) is 0 Å². The van der Waals surface area contributed by atoms with Gasteiger partial charge in [0.05, 0.1) is 18.4 Å². The normalized spacial score (nSPS) is 10.1. The van der Waals surface area contributed by atoms with Gasteiger partial charge in [0.2, 0.25) is 5.91 Å². The first kappa shape index (κ1) is 19.7. The van der Waals surface area contributed by atoms with Crippen molar-refractivity contribution in [1.82, 2.24) is 25.8 Å². The minimum Gasteiger partial charge on any atom is -0.367 e. The fourth-order valence-electron chi connectivity index (χ4n) is 2.38. The summed E-state index contributed by atoms with van der Waals surface area (Å²) in [5.74, 6) is 0.645. The molecule has 9 nitrogen and oxygen atoms in total. The van der Waals surface area contributed by atoms with Crippen LogP contribution in [0.1, 0.15) is 10.4 Å². The SMILES string of the molecule is O=C(CNC(=O)c1ccccc1)NCCNc1ccc(Nc2cccnc2)nn1. The van der Waals surface area contributed by atoms with Gasteiger partial charge < -0.3 is 21.3 Å². The van der Waals surface area contributed by atoms with Gasteiger partial charge >= 0.3 is 0 Å². The van der Waals surface area contributed by atoms with Crippen LogP contribution in [0.2, 0.25) is 0 Å². The molecule has 2 aromatic heterocycles. The average molecular weight is 391 g/mol. The third kappa shape index (κ3) is 6.58. The Morgan fingerprint density at radius 2 is 1.62 bits per heavy atom. The first-order valence-corrected chi connectivity index (χ1v) is 9.05. The lowest BCUT2D eigenvalue weighted by Gasteiger charge is -2.09. The molecule has 9 heteroatoms. The molecule has 0 saturated carbocycles. The second kappa shape index (κ2) is 10.4. The maximum Gasteiger partial charge on any atom is 0.251 e. The summed E-state index contributed by atoms with van der Waals surface area (Å²) in [4.78, 5) is 27.7. The number of pyridine rings is 1. The molecule has 0 radical (unpaired) electrons. The lowest BCUT2D eigenvalue weighted by Crippen LogP contribution is -2.38. The van der Waals surface area contributed by atoms with E-state index in [4.69, 9.17) is 0 Å². The maximum atomic E-state index is 11.9. The van der Waals surface area contributed by atoms with Gasteiger partial charge in [0.15, 0.2) is 5.82 Å². The van der Waals surface area contributed by atoms with Crippen molar-refractivity contribution in [3.05, 3.63) is 72.6 Å². The van der Waals surface area contributed by atoms with Crippen molar-refractivity contribution in [2.24, 2.45) is 0 Å². The van der Waals surface area contributed by atoms with Gasteiger partial charge in [0.25, 0.3) is 5.91 Å². The van der Waals surface area contributed by atoms with E-state index >= 15 is 0 Å². The van der Waals surface area contributed by atoms with Crippen LogP contribution in [0.3, 0.4) is 0 Å². The predicted octanol–water partition coefficient (Wildman–Crippen LogP) is 1.57. The molecule has 3 aromatic rings. The van der Waals surface area contributed by atoms with Crippen LogP contribution in [-0.2, 0) is 4.79 Å². The van der Waals surface area contributed by atoms with Crippen LogP contribution in [0.5, 0.6) is 0 Å². The van der Waals surface area contributed by atoms with Gasteiger partial charge in [0.1, 0.15) is 5.82 Å². The van der Waals surface area contributed by atoms with Crippen LogP contribution in [-0.4, -0.2) is 46.6 Å². The summed E-state index contributed by atoms with van der Waals surface area (Å²) in [5.41, 5.74) is 1.34. The lowest BCUT2D eigenvalue weighted by atomic mass is 10.2. The number of carbonyl (C=O) groups excluding carboxylic acids is 2. The van der Waals surface area contributed by atoms with E-state index in [2.05, 4.69) is 36.4 Å². The van der Waals surface area contributed by atoms with Crippen LogP contribution in [0.25, 0.3) is 0 Å². The van der Waals surface area contributed by atoms with E-state index in [1.807, 2.05) is 18.2 Å². The zero-order chi connectivity index (χ0) is 20.3. The minimum atomic E-state index is -0.283. The second-order valence-electron chi connectivity index (χ2n) is 6.00. The highest BCUT2D eigenvalue weighted by atomic mass is 16.2. The Bertz CT molecular complexity index is 919. The van der Waals surface area contributed by atoms with Gasteiger partial charge in [-0.3, -0.25) is 14.6 Å². The molecular formula is C20H21N7O2. The molecule has 148 valence electrons. The number of rotatable bonds is 9. The molecule has 0 atom stereocenters. The Morgan fingerprint density at radius 3 is 2.34 bits per heavy atom. The number of carbonyl (C=O) groups is 2. The Labute approximate surface area is 168 Å². The summed E-state index contributed by atoms with van der Waals surface area (Å²) in [5, 5.41) is 19.6. The van der Waals surface area contributed by atoms with Gasteiger partial charge in [0, 0.05) is 24.8 Å². The Balaban J connectivity index is 1.32. The first-order chi connectivity index (χ1) is 14.2. The molecule has 1 aromatic carbocycles. The van der Waals surface area contributed by atoms with Gasteiger partial charge in [-0.15, -0.1) is 10.2 Å². The highest BCUT2D eigenvalue weighted by molar-refractivity contribution is 5.96. The van der Waals surface area contributed by atoms with Gasteiger partial charge in [-0.2, -0.15) is 0 Å². The van der Waals surface area contributed by atoms with Crippen molar-refractivity contribution in [2.75, 3.05) is 30.3 Å². The molecule has 29 heavy (non-hydrogen) atoms. The predicted molar refractivity (Wildman–Crippen MR) is 110 cm³/mol. The number of aromatic nitrogens is 3. The second-order valence-corrected chi connectivity index (χ2v) is 6.00. The molecule has 0 aliphatic heterocycles. The molecule has 0 bridgehead atoms. The van der Waals surface area contributed by atoms with E-state index in [1.54, 1.807) is 48.8 Å². The highest BCUT2D eigenvalue weighted by Crippen LogP contribution is 2.12. The largest absolute Gasteiger partial charge is 0.367 e. The zero-order valence-electron chi connectivity index (χ0n) is 15.6. The number of hydrogen-bond donors (Lipinski definition) is 4. The van der Waals surface area contributed by atoms with Crippen molar-refractivity contribution in [3.63, 3.8) is 0 Å². The average Bonchev–Trinajstić information content (AvgIpc) is 2.77. The first-order valence-electron chi connectivity index (χ1n) is 9.05. The van der Waals surface area contributed by atoms with Crippen LogP contribution < -0.4 is 21.3 Å². The van der Waals surface area contributed by atoms with E-state index in [0.29, 0.717) is 30.3 Å². The summed E-state index contributed by atoms with van der Waals surface area (Å²) in [6, 6.07) is 16.0. The summed E-state index contributed by atoms with van der Waals surface area (Å²) in [6.45, 7) is 0.780. The molecule has 3 rings (SSSR count). The monoisotopic (exact) mass is 391 g/mol. The van der Waals surface area contributed by atoms with Crippen LogP contribution >= 0.6 is 0 Å². The third-order valence-corrected chi connectivity index (χ3v) is 3.80. The molecule has 0 saturated heterocycles. The van der Waals surface area contributed by atoms with Crippen molar-refractivity contribution >= 4 is 29.1 Å². The Morgan fingerprint density at radius 1 is 0.828 bits per heavy atom. The number of hydrogen-bond acceptors (Lipinski definition) is 7. The fraction of sp³-hybridized carbons (Fsp3) is 0.150. The van der Waals surface area contributed by atoms with Gasteiger partial charge in [-0.05, 0) is 36.4 Å². The molecular weight excluding hydrogens is 370 g/mol. The van der Waals surface area contributed by atoms with E-state index in [9.17, 15) is 9.59 Å². The quantitative estimate of drug-likeness (QED) is 0.409. The van der Waals surface area contributed by atoms with E-state index in [-0.39, 0.29) is 18.4 Å². The van der Waals surface area contributed by atoms with E-state index in [0.717, 1.165) is 5.69 Å². The topological polar surface area (TPSA) is 121 Å². The van der Waals surface area contributed by atoms with E-state index < -0.39 is 0 Å². The fourth-order valence-corrected chi connectivity index (χ4v) is 2.38. The van der Waals surface area contributed by atoms with Crippen LogP contribution in [0, 0.1) is 0 Å². The third-order valence-electron chi connectivity index (χ3n) is 3.80. The lowest BCUT2D eigenvalue weighted by molar-refractivity contribution is -0.120. The number of amides is 2. The van der Waals surface area contributed by atoms with Crippen molar-refractivity contribution < 1.29 is 9.59 Å². The van der Waals surface area contributed by atoms with Crippen molar-refractivity contribution in [1.29, 1.82) is 0 Å². The molecule has 0 unspecified atom stereocenters. The number of benzene rings is 1. The maximum absolute atomic E-state index is 11.9. The molecule has 2 amide bonds. The van der Waals surface area contributed by atoms with Crippen LogP contribution in [0.4, 0.5) is 17.3 Å².